The van der Waals surface area contributed by atoms with Crippen molar-refractivity contribution < 1.29 is 19.4 Å². The zero-order valence-corrected chi connectivity index (χ0v) is 12.0. The minimum absolute atomic E-state index is 0.0725. The number of amides is 1. The largest absolute Gasteiger partial charge is 0.481 e. The van der Waals surface area contributed by atoms with E-state index < -0.39 is 12.1 Å². The van der Waals surface area contributed by atoms with Gasteiger partial charge in [0.2, 0.25) is 0 Å². The average molecular weight is 291 g/mol. The number of rotatable bonds is 8. The number of carboxylic acid groups (broad SMARTS) is 1. The molecule has 2 N–H and O–H groups in total. The van der Waals surface area contributed by atoms with Crippen molar-refractivity contribution >= 4 is 11.9 Å². The molecule has 0 fully saturated rings. The predicted octanol–water partition coefficient (Wildman–Crippen LogP) is 2.14. The van der Waals surface area contributed by atoms with Crippen LogP contribution in [0.25, 0.3) is 0 Å². The normalized spacial score (nSPS) is 16.1. The van der Waals surface area contributed by atoms with E-state index in [9.17, 15) is 9.59 Å². The smallest absolute Gasteiger partial charge is 0.303 e. The lowest BCUT2D eigenvalue weighted by atomic mass is 10.1. The number of ether oxygens (including phenoxy) is 1. The molecule has 0 unspecified atom stereocenters. The highest BCUT2D eigenvalue weighted by Gasteiger charge is 2.28. The minimum atomic E-state index is -0.749. The molecule has 1 heterocycles. The fourth-order valence-electron chi connectivity index (χ4n) is 2.41. The fourth-order valence-corrected chi connectivity index (χ4v) is 2.41. The van der Waals surface area contributed by atoms with Crippen LogP contribution in [0.15, 0.2) is 24.3 Å². The molecular formula is C16H21NO4. The van der Waals surface area contributed by atoms with Gasteiger partial charge in [-0.25, -0.2) is 0 Å². The van der Waals surface area contributed by atoms with Gasteiger partial charge >= 0.3 is 5.97 Å². The Morgan fingerprint density at radius 3 is 2.71 bits per heavy atom. The number of hydrogen-bond acceptors (Lipinski definition) is 3. The lowest BCUT2D eigenvalue weighted by molar-refractivity contribution is -0.137. The van der Waals surface area contributed by atoms with E-state index in [1.165, 1.54) is 0 Å². The number of carbonyl (C=O) groups is 2. The third-order valence-electron chi connectivity index (χ3n) is 3.56. The van der Waals surface area contributed by atoms with Crippen molar-refractivity contribution in [3.8, 4) is 5.75 Å². The number of hydrogen-bond donors (Lipinski definition) is 2. The van der Waals surface area contributed by atoms with Gasteiger partial charge in [-0.05, 0) is 24.5 Å². The van der Waals surface area contributed by atoms with Crippen LogP contribution in [-0.2, 0) is 16.0 Å². The van der Waals surface area contributed by atoms with Gasteiger partial charge in [0.05, 0.1) is 0 Å². The van der Waals surface area contributed by atoms with Gasteiger partial charge in [-0.3, -0.25) is 9.59 Å². The molecule has 5 nitrogen and oxygen atoms in total. The van der Waals surface area contributed by atoms with Crippen LogP contribution in [0.3, 0.4) is 0 Å². The molecule has 114 valence electrons. The maximum absolute atomic E-state index is 12.0. The highest BCUT2D eigenvalue weighted by atomic mass is 16.5. The molecule has 1 aliphatic heterocycles. The molecular weight excluding hydrogens is 270 g/mol. The zero-order chi connectivity index (χ0) is 15.1. The summed E-state index contributed by atoms with van der Waals surface area (Å²) in [5.41, 5.74) is 1.08. The highest BCUT2D eigenvalue weighted by molar-refractivity contribution is 5.82. The van der Waals surface area contributed by atoms with Crippen molar-refractivity contribution in [1.82, 2.24) is 5.32 Å². The van der Waals surface area contributed by atoms with Gasteiger partial charge < -0.3 is 15.2 Å². The third kappa shape index (κ3) is 4.77. The van der Waals surface area contributed by atoms with Crippen molar-refractivity contribution in [3.63, 3.8) is 0 Å². The summed E-state index contributed by atoms with van der Waals surface area (Å²) in [6, 6.07) is 7.70. The fraction of sp³-hybridized carbons (Fsp3) is 0.500. The predicted molar refractivity (Wildman–Crippen MR) is 78.3 cm³/mol. The topological polar surface area (TPSA) is 75.6 Å². The molecule has 0 saturated heterocycles. The lowest BCUT2D eigenvalue weighted by Gasteiger charge is -2.11. The van der Waals surface area contributed by atoms with E-state index in [0.29, 0.717) is 19.4 Å². The van der Waals surface area contributed by atoms with E-state index >= 15 is 0 Å². The highest BCUT2D eigenvalue weighted by Crippen LogP contribution is 2.28. The molecule has 0 aromatic heterocycles. The second-order valence-corrected chi connectivity index (χ2v) is 5.27. The Morgan fingerprint density at radius 2 is 1.95 bits per heavy atom. The first-order chi connectivity index (χ1) is 10.2. The minimum Gasteiger partial charge on any atom is -0.481 e. The summed E-state index contributed by atoms with van der Waals surface area (Å²) < 4.78 is 5.61. The molecule has 21 heavy (non-hydrogen) atoms. The number of unbranched alkanes of at least 4 members (excludes halogenated alkanes) is 3. The van der Waals surface area contributed by atoms with Gasteiger partial charge in [0, 0.05) is 19.4 Å². The van der Waals surface area contributed by atoms with E-state index in [1.807, 2.05) is 24.3 Å². The molecule has 0 bridgehead atoms. The Labute approximate surface area is 124 Å². The summed E-state index contributed by atoms with van der Waals surface area (Å²) >= 11 is 0. The number of fused-ring (bicyclic) bond motifs is 1. The molecule has 1 aliphatic rings. The zero-order valence-electron chi connectivity index (χ0n) is 12.0. The number of benzene rings is 1. The van der Waals surface area contributed by atoms with E-state index in [2.05, 4.69) is 5.32 Å². The van der Waals surface area contributed by atoms with Crippen LogP contribution in [0.2, 0.25) is 0 Å². The van der Waals surface area contributed by atoms with Crippen LogP contribution in [0.4, 0.5) is 0 Å². The molecule has 1 atom stereocenters. The number of carbonyl (C=O) groups excluding carboxylic acids is 1. The van der Waals surface area contributed by atoms with Crippen molar-refractivity contribution in [1.29, 1.82) is 0 Å². The van der Waals surface area contributed by atoms with Crippen molar-refractivity contribution in [2.75, 3.05) is 6.54 Å². The number of carboxylic acids is 1. The first-order valence-electron chi connectivity index (χ1n) is 7.41. The van der Waals surface area contributed by atoms with Gasteiger partial charge in [-0.1, -0.05) is 31.0 Å². The van der Waals surface area contributed by atoms with E-state index in [1.54, 1.807) is 0 Å². The van der Waals surface area contributed by atoms with Gasteiger partial charge in [-0.2, -0.15) is 0 Å². The average Bonchev–Trinajstić information content (AvgIpc) is 2.89. The number of nitrogens with one attached hydrogen (secondary N) is 1. The molecule has 0 radical (unpaired) electrons. The molecule has 1 amide bonds. The third-order valence-corrected chi connectivity index (χ3v) is 3.56. The maximum Gasteiger partial charge on any atom is 0.303 e. The Morgan fingerprint density at radius 1 is 1.19 bits per heavy atom. The first-order valence-corrected chi connectivity index (χ1v) is 7.41. The summed E-state index contributed by atoms with van der Waals surface area (Å²) in [4.78, 5) is 22.3. The van der Waals surface area contributed by atoms with Crippen LogP contribution in [-0.4, -0.2) is 29.6 Å². The summed E-state index contributed by atoms with van der Waals surface area (Å²) in [5, 5.41) is 11.4. The summed E-state index contributed by atoms with van der Waals surface area (Å²) in [7, 11) is 0. The summed E-state index contributed by atoms with van der Waals surface area (Å²) in [6.45, 7) is 0.613. The first kappa shape index (κ1) is 15.4. The quantitative estimate of drug-likeness (QED) is 0.720. The molecule has 1 aromatic carbocycles. The molecule has 5 heteroatoms. The van der Waals surface area contributed by atoms with Crippen LogP contribution in [0.1, 0.15) is 37.7 Å². The van der Waals surface area contributed by atoms with E-state index in [4.69, 9.17) is 9.84 Å². The second kappa shape index (κ2) is 7.67. The Hall–Kier alpha value is -2.04. The van der Waals surface area contributed by atoms with Gasteiger partial charge in [0.1, 0.15) is 5.75 Å². The van der Waals surface area contributed by atoms with Crippen molar-refractivity contribution in [2.24, 2.45) is 0 Å². The van der Waals surface area contributed by atoms with Crippen LogP contribution < -0.4 is 10.1 Å². The number of aliphatic carboxylic acids is 1. The Kier molecular flexibility index (Phi) is 5.60. The summed E-state index contributed by atoms with van der Waals surface area (Å²) in [5.74, 6) is -0.0238. The van der Waals surface area contributed by atoms with E-state index in [0.717, 1.165) is 30.6 Å². The lowest BCUT2D eigenvalue weighted by Crippen LogP contribution is -2.37. The maximum atomic E-state index is 12.0. The standard InChI is InChI=1S/C16H21NO4/c18-15(19)9-3-1-2-6-10-17-16(20)14-11-12-7-4-5-8-13(12)21-14/h4-5,7-8,14H,1-3,6,9-11H2,(H,17,20)(H,18,19)/t14-/m1/s1. The second-order valence-electron chi connectivity index (χ2n) is 5.27. The summed E-state index contributed by atoms with van der Waals surface area (Å²) in [6.07, 6.45) is 3.80. The number of para-hydroxylation sites is 1. The Balaban J connectivity index is 1.58. The molecule has 2 rings (SSSR count). The monoisotopic (exact) mass is 291 g/mol. The van der Waals surface area contributed by atoms with Crippen molar-refractivity contribution in [3.05, 3.63) is 29.8 Å². The van der Waals surface area contributed by atoms with Gasteiger partial charge in [0.25, 0.3) is 5.91 Å². The van der Waals surface area contributed by atoms with Crippen LogP contribution in [0.5, 0.6) is 5.75 Å². The molecule has 1 aromatic rings. The van der Waals surface area contributed by atoms with Crippen molar-refractivity contribution in [2.45, 2.75) is 44.6 Å². The SMILES string of the molecule is O=C(O)CCCCCCNC(=O)[C@H]1Cc2ccccc2O1. The molecule has 0 spiro atoms. The molecule has 0 aliphatic carbocycles. The van der Waals surface area contributed by atoms with Gasteiger partial charge in [-0.15, -0.1) is 0 Å². The Bertz CT molecular complexity index is 476. The van der Waals surface area contributed by atoms with E-state index in [-0.39, 0.29) is 12.3 Å². The van der Waals surface area contributed by atoms with Gasteiger partial charge in [0.15, 0.2) is 6.10 Å². The molecule has 0 saturated carbocycles. The van der Waals surface area contributed by atoms with Crippen LogP contribution in [0, 0.1) is 0 Å². The van der Waals surface area contributed by atoms with Crippen LogP contribution >= 0.6 is 0 Å².